The fourth-order valence-corrected chi connectivity index (χ4v) is 4.13. The molecule has 9 nitrogen and oxygen atoms in total. The summed E-state index contributed by atoms with van der Waals surface area (Å²) < 4.78 is 5.40. The van der Waals surface area contributed by atoms with Gasteiger partial charge >= 0.3 is 6.03 Å². The molecule has 4 rings (SSSR count). The van der Waals surface area contributed by atoms with Crippen LogP contribution in [-0.4, -0.2) is 61.9 Å². The number of carbonyl (C=O) groups excluding carboxylic acids is 2. The van der Waals surface area contributed by atoms with Crippen LogP contribution in [0.2, 0.25) is 0 Å². The van der Waals surface area contributed by atoms with Gasteiger partial charge < -0.3 is 14.2 Å². The van der Waals surface area contributed by atoms with Crippen molar-refractivity contribution in [2.75, 3.05) is 24.5 Å². The van der Waals surface area contributed by atoms with Crippen LogP contribution in [0.25, 0.3) is 0 Å². The third kappa shape index (κ3) is 3.45. The molecule has 2 aliphatic rings. The molecule has 9 heteroatoms. The van der Waals surface area contributed by atoms with E-state index in [1.807, 2.05) is 11.8 Å². The minimum Gasteiger partial charge on any atom is -0.432 e. The van der Waals surface area contributed by atoms with Crippen LogP contribution >= 0.6 is 0 Å². The van der Waals surface area contributed by atoms with Crippen LogP contribution in [0, 0.1) is 12.8 Å². The van der Waals surface area contributed by atoms with E-state index in [0.29, 0.717) is 44.2 Å². The standard InChI is InChI=1S/C20H26N6O3/c1-14(2)12-26-19(28)25(13-16-11-22-15(3)10-23-16)17(27)20(26)4-7-24(8-5-20)18-21-6-9-29-18/h6,9-11,14H,4-5,7-8,12-13H2,1-3H3. The topological polar surface area (TPSA) is 95.7 Å². The molecular weight excluding hydrogens is 372 g/mol. The van der Waals surface area contributed by atoms with Gasteiger partial charge in [-0.05, 0) is 25.7 Å². The highest BCUT2D eigenvalue weighted by Gasteiger charge is 2.58. The first-order valence-corrected chi connectivity index (χ1v) is 9.96. The second-order valence-corrected chi connectivity index (χ2v) is 8.16. The SMILES string of the molecule is Cc1cnc(CN2C(=O)N(CC(C)C)C3(CCN(c4ncco4)CC3)C2=O)cn1. The van der Waals surface area contributed by atoms with Crippen molar-refractivity contribution in [3.63, 3.8) is 0 Å². The lowest BCUT2D eigenvalue weighted by Crippen LogP contribution is -2.57. The van der Waals surface area contributed by atoms with Crippen LogP contribution in [-0.2, 0) is 11.3 Å². The Hall–Kier alpha value is -2.97. The van der Waals surface area contributed by atoms with Crippen molar-refractivity contribution in [1.82, 2.24) is 24.8 Å². The summed E-state index contributed by atoms with van der Waals surface area (Å²) in [4.78, 5) is 44.6. The summed E-state index contributed by atoms with van der Waals surface area (Å²) >= 11 is 0. The molecule has 1 spiro atoms. The number of imide groups is 1. The van der Waals surface area contributed by atoms with Gasteiger partial charge in [0.25, 0.3) is 11.9 Å². The van der Waals surface area contributed by atoms with E-state index >= 15 is 0 Å². The molecule has 0 radical (unpaired) electrons. The van der Waals surface area contributed by atoms with Gasteiger partial charge in [0, 0.05) is 25.8 Å². The third-order valence-corrected chi connectivity index (χ3v) is 5.60. The molecule has 154 valence electrons. The molecule has 2 aromatic heterocycles. The minimum absolute atomic E-state index is 0.141. The number of piperidine rings is 1. The number of urea groups is 1. The summed E-state index contributed by atoms with van der Waals surface area (Å²) in [6, 6.07) is 0.314. The lowest BCUT2D eigenvalue weighted by Gasteiger charge is -2.42. The van der Waals surface area contributed by atoms with Crippen molar-refractivity contribution in [2.24, 2.45) is 5.92 Å². The lowest BCUT2D eigenvalue weighted by atomic mass is 9.85. The van der Waals surface area contributed by atoms with Crippen molar-refractivity contribution in [3.05, 3.63) is 36.2 Å². The summed E-state index contributed by atoms with van der Waals surface area (Å²) in [5, 5.41) is 0. The van der Waals surface area contributed by atoms with E-state index in [2.05, 4.69) is 28.8 Å². The van der Waals surface area contributed by atoms with E-state index in [9.17, 15) is 9.59 Å². The van der Waals surface area contributed by atoms with Gasteiger partial charge in [0.2, 0.25) is 0 Å². The van der Waals surface area contributed by atoms with Gasteiger partial charge in [-0.25, -0.2) is 9.78 Å². The average Bonchev–Trinajstić information content (AvgIpc) is 3.30. The normalized spacial score (nSPS) is 19.1. The maximum absolute atomic E-state index is 13.5. The molecule has 0 aliphatic carbocycles. The van der Waals surface area contributed by atoms with Crippen LogP contribution in [0.3, 0.4) is 0 Å². The highest BCUT2D eigenvalue weighted by atomic mass is 16.4. The summed E-state index contributed by atoms with van der Waals surface area (Å²) in [5.41, 5.74) is 0.587. The number of aromatic nitrogens is 3. The number of oxazole rings is 1. The molecule has 2 aliphatic heterocycles. The number of hydrogen-bond acceptors (Lipinski definition) is 7. The Kier molecular flexibility index (Phi) is 4.97. The molecule has 2 aromatic rings. The van der Waals surface area contributed by atoms with Crippen molar-refractivity contribution in [1.29, 1.82) is 0 Å². The number of amides is 3. The number of anilines is 1. The van der Waals surface area contributed by atoms with Gasteiger partial charge in [0.1, 0.15) is 11.8 Å². The molecule has 29 heavy (non-hydrogen) atoms. The number of nitrogens with zero attached hydrogens (tertiary/aromatic N) is 6. The zero-order valence-corrected chi connectivity index (χ0v) is 17.0. The second kappa shape index (κ2) is 7.46. The largest absolute Gasteiger partial charge is 0.432 e. The van der Waals surface area contributed by atoms with E-state index in [1.54, 1.807) is 29.8 Å². The van der Waals surface area contributed by atoms with Crippen LogP contribution in [0.4, 0.5) is 10.8 Å². The van der Waals surface area contributed by atoms with Crippen molar-refractivity contribution < 1.29 is 14.0 Å². The maximum Gasteiger partial charge on any atom is 0.328 e. The Morgan fingerprint density at radius 3 is 2.48 bits per heavy atom. The van der Waals surface area contributed by atoms with E-state index in [0.717, 1.165) is 5.69 Å². The van der Waals surface area contributed by atoms with Crippen LogP contribution in [0.1, 0.15) is 38.1 Å². The van der Waals surface area contributed by atoms with Crippen molar-refractivity contribution >= 4 is 18.0 Å². The quantitative estimate of drug-likeness (QED) is 0.713. The molecular formula is C20H26N6O3. The Morgan fingerprint density at radius 2 is 1.90 bits per heavy atom. The fourth-order valence-electron chi connectivity index (χ4n) is 4.13. The zero-order valence-electron chi connectivity index (χ0n) is 17.0. The lowest BCUT2D eigenvalue weighted by molar-refractivity contribution is -0.134. The Balaban J connectivity index is 1.58. The Morgan fingerprint density at radius 1 is 1.14 bits per heavy atom. The highest BCUT2D eigenvalue weighted by Crippen LogP contribution is 2.39. The monoisotopic (exact) mass is 398 g/mol. The van der Waals surface area contributed by atoms with Crippen LogP contribution < -0.4 is 4.90 Å². The number of aryl methyl sites for hydroxylation is 1. The fraction of sp³-hybridized carbons (Fsp3) is 0.550. The van der Waals surface area contributed by atoms with Gasteiger partial charge in [-0.15, -0.1) is 0 Å². The van der Waals surface area contributed by atoms with Crippen molar-refractivity contribution in [2.45, 2.75) is 45.7 Å². The van der Waals surface area contributed by atoms with Crippen LogP contribution in [0.15, 0.2) is 29.3 Å². The molecule has 0 bridgehead atoms. The molecule has 0 atom stereocenters. The smallest absolute Gasteiger partial charge is 0.328 e. The number of rotatable bonds is 5. The molecule has 3 amide bonds. The highest BCUT2D eigenvalue weighted by molar-refractivity contribution is 6.07. The summed E-state index contributed by atoms with van der Waals surface area (Å²) in [6.45, 7) is 7.86. The maximum atomic E-state index is 13.5. The minimum atomic E-state index is -0.817. The third-order valence-electron chi connectivity index (χ3n) is 5.60. The average molecular weight is 398 g/mol. The van der Waals surface area contributed by atoms with E-state index < -0.39 is 5.54 Å². The summed E-state index contributed by atoms with van der Waals surface area (Å²) in [6.07, 6.45) is 7.51. The van der Waals surface area contributed by atoms with Gasteiger partial charge in [-0.2, -0.15) is 0 Å². The first-order valence-electron chi connectivity index (χ1n) is 9.96. The van der Waals surface area contributed by atoms with E-state index in [1.165, 1.54) is 4.90 Å². The van der Waals surface area contributed by atoms with E-state index in [4.69, 9.17) is 4.42 Å². The molecule has 0 aromatic carbocycles. The Bertz CT molecular complexity index is 872. The molecule has 0 saturated carbocycles. The van der Waals surface area contributed by atoms with Gasteiger partial charge in [-0.1, -0.05) is 13.8 Å². The molecule has 0 unspecified atom stereocenters. The predicted octanol–water partition coefficient (Wildman–Crippen LogP) is 2.23. The van der Waals surface area contributed by atoms with E-state index in [-0.39, 0.29) is 24.4 Å². The number of hydrogen-bond donors (Lipinski definition) is 0. The molecule has 0 N–H and O–H groups in total. The summed E-state index contributed by atoms with van der Waals surface area (Å²) in [7, 11) is 0. The molecule has 4 heterocycles. The van der Waals surface area contributed by atoms with Gasteiger partial charge in [-0.3, -0.25) is 19.7 Å². The zero-order chi connectivity index (χ0) is 20.6. The van der Waals surface area contributed by atoms with Crippen molar-refractivity contribution in [3.8, 4) is 0 Å². The molecule has 2 fully saturated rings. The predicted molar refractivity (Wildman–Crippen MR) is 105 cm³/mol. The first-order chi connectivity index (χ1) is 13.9. The van der Waals surface area contributed by atoms with Gasteiger partial charge in [0.15, 0.2) is 0 Å². The summed E-state index contributed by atoms with van der Waals surface area (Å²) in [5.74, 6) is 0.116. The first kappa shape index (κ1) is 19.4. The van der Waals surface area contributed by atoms with Crippen LogP contribution in [0.5, 0.6) is 0 Å². The number of carbonyl (C=O) groups is 2. The molecule has 2 saturated heterocycles. The Labute approximate surface area is 169 Å². The van der Waals surface area contributed by atoms with Gasteiger partial charge in [0.05, 0.1) is 30.3 Å². The second-order valence-electron chi connectivity index (χ2n) is 8.16.